The lowest BCUT2D eigenvalue weighted by Gasteiger charge is -2.13. The lowest BCUT2D eigenvalue weighted by atomic mass is 9.98. The first-order valence-corrected chi connectivity index (χ1v) is 11.1. The standard InChI is InChI=1S/C20H21ClN2O3S/c1-27(25,26)18-10-9-15(13-17(18)21)16(12-14-6-2-3-7-14)20(24)23-19-8-4-5-11-22-19/h4-5,8-14H,2-3,6-7H2,1H3,(H,22,23,24)/b16-12+. The molecule has 0 atom stereocenters. The molecule has 1 aromatic heterocycles. The highest BCUT2D eigenvalue weighted by molar-refractivity contribution is 7.90. The molecular formula is C20H21ClN2O3S. The number of allylic oxidation sites excluding steroid dienone is 1. The van der Waals surface area contributed by atoms with E-state index in [-0.39, 0.29) is 15.8 Å². The van der Waals surface area contributed by atoms with Crippen LogP contribution < -0.4 is 5.32 Å². The highest BCUT2D eigenvalue weighted by Gasteiger charge is 2.21. The number of nitrogens with one attached hydrogen (secondary N) is 1. The maximum atomic E-state index is 12.9. The summed E-state index contributed by atoms with van der Waals surface area (Å²) >= 11 is 6.19. The fourth-order valence-electron chi connectivity index (χ4n) is 3.25. The molecule has 27 heavy (non-hydrogen) atoms. The minimum absolute atomic E-state index is 0.0540. The van der Waals surface area contributed by atoms with Crippen LogP contribution in [-0.2, 0) is 14.6 Å². The summed E-state index contributed by atoms with van der Waals surface area (Å²) in [5.41, 5.74) is 1.07. The Balaban J connectivity index is 1.97. The van der Waals surface area contributed by atoms with Gasteiger partial charge in [0.25, 0.3) is 5.91 Å². The van der Waals surface area contributed by atoms with Crippen LogP contribution in [0.15, 0.2) is 53.6 Å². The van der Waals surface area contributed by atoms with Gasteiger partial charge in [0.05, 0.1) is 9.92 Å². The van der Waals surface area contributed by atoms with Gasteiger partial charge >= 0.3 is 0 Å². The molecule has 1 aliphatic carbocycles. The van der Waals surface area contributed by atoms with Crippen LogP contribution in [0.5, 0.6) is 0 Å². The molecule has 0 unspecified atom stereocenters. The van der Waals surface area contributed by atoms with E-state index >= 15 is 0 Å². The molecular weight excluding hydrogens is 384 g/mol. The zero-order valence-electron chi connectivity index (χ0n) is 15.0. The van der Waals surface area contributed by atoms with Gasteiger partial charge in [-0.2, -0.15) is 0 Å². The number of carbonyl (C=O) groups excluding carboxylic acids is 1. The zero-order chi connectivity index (χ0) is 19.4. The molecule has 0 bridgehead atoms. The Labute approximate surface area is 164 Å². The Kier molecular flexibility index (Phi) is 5.97. The molecule has 1 aromatic carbocycles. The van der Waals surface area contributed by atoms with E-state index in [0.717, 1.165) is 31.9 Å². The number of nitrogens with zero attached hydrogens (tertiary/aromatic N) is 1. The largest absolute Gasteiger partial charge is 0.307 e. The second-order valence-corrected chi connectivity index (χ2v) is 9.10. The van der Waals surface area contributed by atoms with E-state index in [1.54, 1.807) is 30.5 Å². The lowest BCUT2D eigenvalue weighted by molar-refractivity contribution is -0.111. The van der Waals surface area contributed by atoms with Crippen molar-refractivity contribution in [3.63, 3.8) is 0 Å². The van der Waals surface area contributed by atoms with Crippen LogP contribution >= 0.6 is 11.6 Å². The van der Waals surface area contributed by atoms with E-state index in [1.165, 1.54) is 12.1 Å². The van der Waals surface area contributed by atoms with Gasteiger partial charge in [-0.3, -0.25) is 4.79 Å². The third-order valence-electron chi connectivity index (χ3n) is 4.60. The van der Waals surface area contributed by atoms with Crippen molar-refractivity contribution in [2.45, 2.75) is 30.6 Å². The number of aromatic nitrogens is 1. The number of anilines is 1. The number of halogens is 1. The SMILES string of the molecule is CS(=O)(=O)c1ccc(/C(=C\C2CCCC2)C(=O)Nc2ccccn2)cc1Cl. The van der Waals surface area contributed by atoms with Crippen molar-refractivity contribution >= 4 is 38.7 Å². The van der Waals surface area contributed by atoms with Gasteiger partial charge in [-0.15, -0.1) is 0 Å². The molecule has 1 N–H and O–H groups in total. The van der Waals surface area contributed by atoms with E-state index in [0.29, 0.717) is 22.9 Å². The lowest BCUT2D eigenvalue weighted by Crippen LogP contribution is -2.15. The van der Waals surface area contributed by atoms with Crippen LogP contribution in [-0.4, -0.2) is 25.6 Å². The molecule has 0 aliphatic heterocycles. The van der Waals surface area contributed by atoms with Gasteiger partial charge < -0.3 is 5.32 Å². The number of amides is 1. The highest BCUT2D eigenvalue weighted by Crippen LogP contribution is 2.32. The Bertz CT molecular complexity index is 966. The summed E-state index contributed by atoms with van der Waals surface area (Å²) in [6.45, 7) is 0. The minimum Gasteiger partial charge on any atom is -0.307 e. The van der Waals surface area contributed by atoms with E-state index in [4.69, 9.17) is 11.6 Å². The molecule has 1 saturated carbocycles. The van der Waals surface area contributed by atoms with Gasteiger partial charge in [-0.1, -0.05) is 42.7 Å². The summed E-state index contributed by atoms with van der Waals surface area (Å²) in [6.07, 6.45) is 9.04. The first kappa shape index (κ1) is 19.6. The van der Waals surface area contributed by atoms with Crippen molar-refractivity contribution in [3.8, 4) is 0 Å². The van der Waals surface area contributed by atoms with Crippen molar-refractivity contribution in [3.05, 3.63) is 59.3 Å². The Morgan fingerprint density at radius 1 is 1.22 bits per heavy atom. The summed E-state index contributed by atoms with van der Waals surface area (Å²) in [7, 11) is -3.43. The van der Waals surface area contributed by atoms with Gasteiger partial charge in [0.15, 0.2) is 9.84 Å². The summed E-state index contributed by atoms with van der Waals surface area (Å²) in [4.78, 5) is 17.1. The van der Waals surface area contributed by atoms with Gasteiger partial charge in [0, 0.05) is 18.0 Å². The third-order valence-corrected chi connectivity index (χ3v) is 6.18. The van der Waals surface area contributed by atoms with Crippen LogP contribution in [0.2, 0.25) is 5.02 Å². The molecule has 1 aliphatic rings. The number of benzene rings is 1. The highest BCUT2D eigenvalue weighted by atomic mass is 35.5. The minimum atomic E-state index is -3.43. The topological polar surface area (TPSA) is 76.1 Å². The number of sulfone groups is 1. The molecule has 5 nitrogen and oxygen atoms in total. The van der Waals surface area contributed by atoms with Crippen molar-refractivity contribution < 1.29 is 13.2 Å². The van der Waals surface area contributed by atoms with Crippen LogP contribution in [0.4, 0.5) is 5.82 Å². The van der Waals surface area contributed by atoms with Crippen LogP contribution in [0.3, 0.4) is 0 Å². The number of pyridine rings is 1. The molecule has 0 radical (unpaired) electrons. The average Bonchev–Trinajstić information content (AvgIpc) is 3.12. The van der Waals surface area contributed by atoms with Crippen LogP contribution in [0, 0.1) is 5.92 Å². The predicted molar refractivity (Wildman–Crippen MR) is 107 cm³/mol. The number of hydrogen-bond acceptors (Lipinski definition) is 4. The van der Waals surface area contributed by atoms with E-state index in [2.05, 4.69) is 10.3 Å². The summed E-state index contributed by atoms with van der Waals surface area (Å²) in [6, 6.07) is 9.89. The molecule has 1 fully saturated rings. The second-order valence-electron chi connectivity index (χ2n) is 6.71. The van der Waals surface area contributed by atoms with Crippen molar-refractivity contribution in [2.75, 3.05) is 11.6 Å². The monoisotopic (exact) mass is 404 g/mol. The third kappa shape index (κ3) is 4.96. The summed E-state index contributed by atoms with van der Waals surface area (Å²) < 4.78 is 23.6. The molecule has 7 heteroatoms. The summed E-state index contributed by atoms with van der Waals surface area (Å²) in [5.74, 6) is 0.491. The second kappa shape index (κ2) is 8.23. The molecule has 2 aromatic rings. The van der Waals surface area contributed by atoms with Crippen molar-refractivity contribution in [1.82, 2.24) is 4.98 Å². The molecule has 1 heterocycles. The normalized spacial score (nSPS) is 15.7. The molecule has 1 amide bonds. The smallest absolute Gasteiger partial charge is 0.257 e. The van der Waals surface area contributed by atoms with E-state index in [9.17, 15) is 13.2 Å². The molecule has 0 saturated heterocycles. The first-order valence-electron chi connectivity index (χ1n) is 8.79. The quantitative estimate of drug-likeness (QED) is 0.751. The Morgan fingerprint density at radius 2 is 1.96 bits per heavy atom. The van der Waals surface area contributed by atoms with Crippen molar-refractivity contribution in [2.24, 2.45) is 5.92 Å². The van der Waals surface area contributed by atoms with Crippen LogP contribution in [0.25, 0.3) is 5.57 Å². The van der Waals surface area contributed by atoms with E-state index < -0.39 is 9.84 Å². The maximum absolute atomic E-state index is 12.9. The molecule has 0 spiro atoms. The number of rotatable bonds is 5. The molecule has 3 rings (SSSR count). The van der Waals surface area contributed by atoms with Gasteiger partial charge in [-0.25, -0.2) is 13.4 Å². The fraction of sp³-hybridized carbons (Fsp3) is 0.300. The zero-order valence-corrected chi connectivity index (χ0v) is 16.6. The number of hydrogen-bond donors (Lipinski definition) is 1. The van der Waals surface area contributed by atoms with Gasteiger partial charge in [0.2, 0.25) is 0 Å². The average molecular weight is 405 g/mol. The Morgan fingerprint density at radius 3 is 2.56 bits per heavy atom. The van der Waals surface area contributed by atoms with Crippen molar-refractivity contribution in [1.29, 1.82) is 0 Å². The van der Waals surface area contributed by atoms with Crippen LogP contribution in [0.1, 0.15) is 31.2 Å². The van der Waals surface area contributed by atoms with E-state index in [1.807, 2.05) is 6.08 Å². The van der Waals surface area contributed by atoms with Gasteiger partial charge in [-0.05, 0) is 48.6 Å². The summed E-state index contributed by atoms with van der Waals surface area (Å²) in [5, 5.41) is 2.91. The fourth-order valence-corrected chi connectivity index (χ4v) is 4.58. The first-order chi connectivity index (χ1) is 12.8. The molecule has 142 valence electrons. The Hall–Kier alpha value is -2.18. The number of carbonyl (C=O) groups is 1. The predicted octanol–water partition coefficient (Wildman–Crippen LogP) is 4.35. The van der Waals surface area contributed by atoms with Gasteiger partial charge in [0.1, 0.15) is 5.82 Å². The maximum Gasteiger partial charge on any atom is 0.257 e.